The van der Waals surface area contributed by atoms with Gasteiger partial charge in [-0.15, -0.1) is 0 Å². The molecule has 0 atom stereocenters. The Morgan fingerprint density at radius 3 is 2.24 bits per heavy atom. The number of benzene rings is 3. The molecule has 25 heavy (non-hydrogen) atoms. The number of rotatable bonds is 4. The van der Waals surface area contributed by atoms with Crippen LogP contribution in [-0.4, -0.2) is 18.8 Å². The number of nitrogens with two attached hydrogens (primary N) is 1. The number of anilines is 2. The van der Waals surface area contributed by atoms with Gasteiger partial charge in [0, 0.05) is 17.7 Å². The van der Waals surface area contributed by atoms with E-state index in [1.165, 1.54) is 5.69 Å². The number of aliphatic imine (C=N–C) groups is 1. The fraction of sp³-hybridized carbons (Fsp3) is 0.136. The first kappa shape index (κ1) is 15.6. The summed E-state index contributed by atoms with van der Waals surface area (Å²) in [5.74, 6) is 0. The van der Waals surface area contributed by atoms with Gasteiger partial charge in [0.15, 0.2) is 0 Å². The van der Waals surface area contributed by atoms with Crippen molar-refractivity contribution in [3.8, 4) is 0 Å². The maximum atomic E-state index is 5.79. The van der Waals surface area contributed by atoms with Crippen molar-refractivity contribution in [1.29, 1.82) is 0 Å². The quantitative estimate of drug-likeness (QED) is 0.757. The lowest BCUT2D eigenvalue weighted by molar-refractivity contribution is 0.818. The van der Waals surface area contributed by atoms with Crippen molar-refractivity contribution in [3.05, 3.63) is 90.0 Å². The first-order valence-corrected chi connectivity index (χ1v) is 8.68. The van der Waals surface area contributed by atoms with Crippen molar-refractivity contribution >= 4 is 22.8 Å². The van der Waals surface area contributed by atoms with Gasteiger partial charge < -0.3 is 10.6 Å². The summed E-state index contributed by atoms with van der Waals surface area (Å²) in [5.41, 5.74) is 12.4. The number of hydrogen-bond acceptors (Lipinski definition) is 3. The van der Waals surface area contributed by atoms with Crippen molar-refractivity contribution in [2.45, 2.75) is 6.42 Å². The summed E-state index contributed by atoms with van der Waals surface area (Å²) in [6.45, 7) is 1.55. The summed E-state index contributed by atoms with van der Waals surface area (Å²) in [7, 11) is 0. The summed E-state index contributed by atoms with van der Waals surface area (Å²) < 4.78 is 0. The molecule has 0 aromatic heterocycles. The van der Waals surface area contributed by atoms with Gasteiger partial charge in [0.05, 0.1) is 22.8 Å². The van der Waals surface area contributed by atoms with Crippen molar-refractivity contribution in [2.24, 2.45) is 10.7 Å². The van der Waals surface area contributed by atoms with E-state index in [2.05, 4.69) is 71.6 Å². The third-order valence-corrected chi connectivity index (χ3v) is 4.49. The average Bonchev–Trinajstić information content (AvgIpc) is 2.82. The smallest absolute Gasteiger partial charge is 0.0874 e. The molecular formula is C22H21N3. The Hall–Kier alpha value is -2.91. The molecule has 0 aliphatic carbocycles. The molecular weight excluding hydrogens is 306 g/mol. The molecule has 0 spiro atoms. The van der Waals surface area contributed by atoms with Gasteiger partial charge >= 0.3 is 0 Å². The Balaban J connectivity index is 1.96. The van der Waals surface area contributed by atoms with Crippen LogP contribution in [0.1, 0.15) is 17.5 Å². The zero-order chi connectivity index (χ0) is 17.1. The molecule has 4 rings (SSSR count). The minimum Gasteiger partial charge on any atom is -0.339 e. The van der Waals surface area contributed by atoms with Gasteiger partial charge in [-0.05, 0) is 31.2 Å². The van der Waals surface area contributed by atoms with Crippen LogP contribution in [-0.2, 0) is 0 Å². The molecule has 3 heteroatoms. The highest BCUT2D eigenvalue weighted by Gasteiger charge is 2.22. The van der Waals surface area contributed by atoms with Crippen LogP contribution in [0.25, 0.3) is 0 Å². The number of hydrogen-bond donors (Lipinski definition) is 1. The molecule has 3 aromatic carbocycles. The van der Waals surface area contributed by atoms with Gasteiger partial charge in [0.25, 0.3) is 0 Å². The maximum absolute atomic E-state index is 5.79. The van der Waals surface area contributed by atoms with E-state index in [1.54, 1.807) is 0 Å². The molecule has 124 valence electrons. The van der Waals surface area contributed by atoms with Gasteiger partial charge in [0.1, 0.15) is 0 Å². The molecule has 2 N–H and O–H groups in total. The number of fused-ring (bicyclic) bond motifs is 2. The standard InChI is InChI=1S/C22H21N3/c23-15-8-16-25-20-13-6-4-11-18(20)22(17-9-2-1-3-10-17)24-19-12-5-7-14-21(19)25/h1-7,9-14H,8,15-16,23H2. The van der Waals surface area contributed by atoms with Crippen molar-refractivity contribution < 1.29 is 0 Å². The second-order valence-corrected chi connectivity index (χ2v) is 6.13. The van der Waals surface area contributed by atoms with Crippen LogP contribution in [0.4, 0.5) is 17.1 Å². The van der Waals surface area contributed by atoms with Crippen LogP contribution >= 0.6 is 0 Å². The van der Waals surface area contributed by atoms with E-state index in [1.807, 2.05) is 12.1 Å². The summed E-state index contributed by atoms with van der Waals surface area (Å²) in [6, 6.07) is 27.2. The molecule has 0 saturated carbocycles. The van der Waals surface area contributed by atoms with E-state index in [0.717, 1.165) is 41.2 Å². The van der Waals surface area contributed by atoms with E-state index >= 15 is 0 Å². The van der Waals surface area contributed by atoms with Crippen LogP contribution < -0.4 is 10.6 Å². The van der Waals surface area contributed by atoms with Gasteiger partial charge in [0.2, 0.25) is 0 Å². The predicted octanol–water partition coefficient (Wildman–Crippen LogP) is 4.66. The van der Waals surface area contributed by atoms with Gasteiger partial charge in [-0.2, -0.15) is 0 Å². The van der Waals surface area contributed by atoms with E-state index < -0.39 is 0 Å². The van der Waals surface area contributed by atoms with Crippen LogP contribution in [0.3, 0.4) is 0 Å². The van der Waals surface area contributed by atoms with Crippen LogP contribution in [0.2, 0.25) is 0 Å². The number of nitrogens with zero attached hydrogens (tertiary/aromatic N) is 2. The molecule has 0 radical (unpaired) electrons. The zero-order valence-corrected chi connectivity index (χ0v) is 14.1. The Morgan fingerprint density at radius 2 is 1.44 bits per heavy atom. The molecule has 0 unspecified atom stereocenters. The molecule has 3 nitrogen and oxygen atoms in total. The van der Waals surface area contributed by atoms with Crippen LogP contribution in [0, 0.1) is 0 Å². The maximum Gasteiger partial charge on any atom is 0.0874 e. The number of para-hydroxylation sites is 3. The van der Waals surface area contributed by atoms with E-state index in [0.29, 0.717) is 6.54 Å². The van der Waals surface area contributed by atoms with Crippen LogP contribution in [0.15, 0.2) is 83.9 Å². The van der Waals surface area contributed by atoms with Crippen LogP contribution in [0.5, 0.6) is 0 Å². The molecule has 1 heterocycles. The van der Waals surface area contributed by atoms with Crippen molar-refractivity contribution in [1.82, 2.24) is 0 Å². The summed E-state index contributed by atoms with van der Waals surface area (Å²) in [5, 5.41) is 0. The predicted molar refractivity (Wildman–Crippen MR) is 105 cm³/mol. The fourth-order valence-corrected chi connectivity index (χ4v) is 3.31. The van der Waals surface area contributed by atoms with Crippen molar-refractivity contribution in [3.63, 3.8) is 0 Å². The molecule has 0 fully saturated rings. The highest BCUT2D eigenvalue weighted by Crippen LogP contribution is 2.40. The largest absolute Gasteiger partial charge is 0.339 e. The molecule has 0 amide bonds. The Bertz CT molecular complexity index is 900. The first-order chi connectivity index (χ1) is 12.4. The SMILES string of the molecule is NCCCN1c2ccccc2N=C(c2ccccc2)c2ccccc21. The normalized spacial score (nSPS) is 12.8. The monoisotopic (exact) mass is 327 g/mol. The minimum absolute atomic E-state index is 0.674. The van der Waals surface area contributed by atoms with E-state index in [-0.39, 0.29) is 0 Å². The molecule has 1 aliphatic heterocycles. The summed E-state index contributed by atoms with van der Waals surface area (Å²) in [4.78, 5) is 7.40. The molecule has 1 aliphatic rings. The molecule has 0 bridgehead atoms. The average molecular weight is 327 g/mol. The highest BCUT2D eigenvalue weighted by molar-refractivity contribution is 6.18. The van der Waals surface area contributed by atoms with E-state index in [9.17, 15) is 0 Å². The van der Waals surface area contributed by atoms with Gasteiger partial charge in [-0.3, -0.25) is 0 Å². The van der Waals surface area contributed by atoms with E-state index in [4.69, 9.17) is 10.7 Å². The van der Waals surface area contributed by atoms with Gasteiger partial charge in [-0.25, -0.2) is 4.99 Å². The third-order valence-electron chi connectivity index (χ3n) is 4.49. The molecule has 3 aromatic rings. The van der Waals surface area contributed by atoms with Crippen molar-refractivity contribution in [2.75, 3.05) is 18.0 Å². The lowest BCUT2D eigenvalue weighted by Crippen LogP contribution is -2.22. The fourth-order valence-electron chi connectivity index (χ4n) is 3.31. The zero-order valence-electron chi connectivity index (χ0n) is 14.1. The second-order valence-electron chi connectivity index (χ2n) is 6.13. The third kappa shape index (κ3) is 2.94. The summed E-state index contributed by atoms with van der Waals surface area (Å²) >= 11 is 0. The Morgan fingerprint density at radius 1 is 0.760 bits per heavy atom. The molecule has 0 saturated heterocycles. The lowest BCUT2D eigenvalue weighted by Gasteiger charge is -2.26. The Labute approximate surface area is 148 Å². The topological polar surface area (TPSA) is 41.6 Å². The first-order valence-electron chi connectivity index (χ1n) is 8.68. The minimum atomic E-state index is 0.674. The van der Waals surface area contributed by atoms with Gasteiger partial charge in [-0.1, -0.05) is 60.7 Å². The highest BCUT2D eigenvalue weighted by atomic mass is 15.2. The Kier molecular flexibility index (Phi) is 4.32. The lowest BCUT2D eigenvalue weighted by atomic mass is 10.00. The second kappa shape index (κ2) is 6.91. The summed E-state index contributed by atoms with van der Waals surface area (Å²) in [6.07, 6.45) is 0.934.